The minimum atomic E-state index is -0.693. The highest BCUT2D eigenvalue weighted by Crippen LogP contribution is 2.05. The normalized spacial score (nSPS) is 10.6. The number of unbranched alkanes of at least 4 members (excludes halogenated alkanes) is 1. The molecule has 0 radical (unpaired) electrons. The highest BCUT2D eigenvalue weighted by Gasteiger charge is 2.18. The minimum Gasteiger partial charge on any atom is -0.461 e. The Morgan fingerprint density at radius 3 is 3.00 bits per heavy atom. The third-order valence-electron chi connectivity index (χ3n) is 2.74. The number of carbonyl (C=O) groups excluding carboxylic acids is 1. The fraction of sp³-hybridized carbons (Fsp3) is 0.385. The number of hydrogen-bond donors (Lipinski definition) is 0. The number of aromatic nitrogens is 3. The van der Waals surface area contributed by atoms with Crippen LogP contribution in [0.3, 0.4) is 0 Å². The molecule has 0 aromatic carbocycles. The fourth-order valence-corrected chi connectivity index (χ4v) is 1.71. The molecule has 2 heterocycles. The van der Waals surface area contributed by atoms with Gasteiger partial charge in [-0.2, -0.15) is 5.10 Å². The van der Waals surface area contributed by atoms with Crippen molar-refractivity contribution in [3.05, 3.63) is 34.2 Å². The molecule has 0 spiro atoms. The Morgan fingerprint density at radius 2 is 2.26 bits per heavy atom. The lowest BCUT2D eigenvalue weighted by Crippen LogP contribution is -2.24. The van der Waals surface area contributed by atoms with Crippen LogP contribution in [0.4, 0.5) is 0 Å². The predicted molar refractivity (Wildman–Crippen MR) is 70.0 cm³/mol. The van der Waals surface area contributed by atoms with E-state index in [1.165, 1.54) is 10.9 Å². The van der Waals surface area contributed by atoms with Crippen molar-refractivity contribution >= 4 is 17.0 Å². The lowest BCUT2D eigenvalue weighted by molar-refractivity contribution is 0.0489. The monoisotopic (exact) mass is 261 g/mol. The van der Waals surface area contributed by atoms with Crippen LogP contribution in [-0.4, -0.2) is 27.3 Å². The van der Waals surface area contributed by atoms with Gasteiger partial charge in [-0.25, -0.2) is 4.79 Å². The lowest BCUT2D eigenvalue weighted by atomic mass is 10.3. The molecule has 0 fully saturated rings. The van der Waals surface area contributed by atoms with Crippen LogP contribution < -0.4 is 5.43 Å². The topological polar surface area (TPSA) is 74.1 Å². The molecule has 6 heteroatoms. The van der Waals surface area contributed by atoms with Crippen LogP contribution in [0.1, 0.15) is 30.3 Å². The number of hydrogen-bond acceptors (Lipinski definition) is 5. The van der Waals surface area contributed by atoms with Crippen molar-refractivity contribution in [3.8, 4) is 0 Å². The van der Waals surface area contributed by atoms with Crippen LogP contribution in [0.15, 0.2) is 23.1 Å². The summed E-state index contributed by atoms with van der Waals surface area (Å²) in [5, 5.41) is 3.97. The predicted octanol–water partition coefficient (Wildman–Crippen LogP) is 1.29. The summed E-state index contributed by atoms with van der Waals surface area (Å²) in [5.74, 6) is -0.693. The fourth-order valence-electron chi connectivity index (χ4n) is 1.71. The summed E-state index contributed by atoms with van der Waals surface area (Å²) in [5.41, 5.74) is 0.0973. The van der Waals surface area contributed by atoms with Crippen molar-refractivity contribution in [2.45, 2.75) is 19.8 Å². The highest BCUT2D eigenvalue weighted by molar-refractivity contribution is 5.90. The van der Waals surface area contributed by atoms with E-state index in [1.807, 2.05) is 6.92 Å². The lowest BCUT2D eigenvalue weighted by Gasteiger charge is -2.07. The average Bonchev–Trinajstić information content (AvgIpc) is 2.43. The van der Waals surface area contributed by atoms with Crippen molar-refractivity contribution in [1.29, 1.82) is 0 Å². The van der Waals surface area contributed by atoms with Crippen molar-refractivity contribution in [2.24, 2.45) is 7.05 Å². The van der Waals surface area contributed by atoms with E-state index in [1.54, 1.807) is 19.2 Å². The number of rotatable bonds is 4. The third-order valence-corrected chi connectivity index (χ3v) is 2.74. The summed E-state index contributed by atoms with van der Waals surface area (Å²) in [6.45, 7) is 2.28. The van der Waals surface area contributed by atoms with Gasteiger partial charge in [0.1, 0.15) is 5.52 Å². The Bertz CT molecular complexity index is 664. The molecule has 19 heavy (non-hydrogen) atoms. The van der Waals surface area contributed by atoms with Crippen molar-refractivity contribution in [2.75, 3.05) is 6.61 Å². The van der Waals surface area contributed by atoms with E-state index < -0.39 is 11.4 Å². The zero-order valence-corrected chi connectivity index (χ0v) is 10.9. The molecule has 2 aromatic rings. The maximum atomic E-state index is 12.1. The molecule has 2 rings (SSSR count). The standard InChI is InChI=1S/C13H15N3O3/c1-3-4-8-19-13(18)11-12(17)10-9(16(2)15-11)6-5-7-14-10/h5-7H,3-4,8H2,1-2H3. The smallest absolute Gasteiger partial charge is 0.362 e. The Kier molecular flexibility index (Phi) is 3.89. The SMILES string of the molecule is CCCCOC(=O)c1nn(C)c2cccnc2c1=O. The zero-order valence-electron chi connectivity index (χ0n) is 10.9. The van der Waals surface area contributed by atoms with Crippen molar-refractivity contribution < 1.29 is 9.53 Å². The van der Waals surface area contributed by atoms with Gasteiger partial charge in [-0.15, -0.1) is 0 Å². The Labute approximate surface area is 110 Å². The van der Waals surface area contributed by atoms with Crippen LogP contribution in [0.25, 0.3) is 11.0 Å². The summed E-state index contributed by atoms with van der Waals surface area (Å²) in [7, 11) is 1.66. The molecule has 100 valence electrons. The zero-order chi connectivity index (χ0) is 13.8. The maximum absolute atomic E-state index is 12.1. The molecule has 2 aromatic heterocycles. The van der Waals surface area contributed by atoms with Gasteiger partial charge in [0.05, 0.1) is 12.1 Å². The van der Waals surface area contributed by atoms with E-state index in [-0.39, 0.29) is 11.2 Å². The first-order valence-corrected chi connectivity index (χ1v) is 6.14. The minimum absolute atomic E-state index is 0.218. The van der Waals surface area contributed by atoms with Crippen LogP contribution >= 0.6 is 0 Å². The number of aryl methyl sites for hydroxylation is 1. The summed E-state index contributed by atoms with van der Waals surface area (Å²) >= 11 is 0. The molecule has 0 aliphatic carbocycles. The van der Waals surface area contributed by atoms with Gasteiger partial charge >= 0.3 is 5.97 Å². The second-order valence-electron chi connectivity index (χ2n) is 4.16. The summed E-state index contributed by atoms with van der Waals surface area (Å²) in [6.07, 6.45) is 3.19. The van der Waals surface area contributed by atoms with Gasteiger partial charge in [-0.3, -0.25) is 14.5 Å². The molecule has 0 bridgehead atoms. The number of ether oxygens (including phenoxy) is 1. The first kappa shape index (κ1) is 13.2. The largest absolute Gasteiger partial charge is 0.461 e. The second kappa shape index (κ2) is 5.60. The van der Waals surface area contributed by atoms with Gasteiger partial charge in [0.25, 0.3) is 0 Å². The van der Waals surface area contributed by atoms with E-state index in [0.717, 1.165) is 12.8 Å². The number of esters is 1. The molecule has 6 nitrogen and oxygen atoms in total. The molecule has 0 N–H and O–H groups in total. The summed E-state index contributed by atoms with van der Waals surface area (Å²) in [4.78, 5) is 27.9. The van der Waals surface area contributed by atoms with Gasteiger partial charge in [0.15, 0.2) is 0 Å². The molecular formula is C13H15N3O3. The van der Waals surface area contributed by atoms with Crippen molar-refractivity contribution in [3.63, 3.8) is 0 Å². The van der Waals surface area contributed by atoms with Gasteiger partial charge in [-0.05, 0) is 18.6 Å². The summed E-state index contributed by atoms with van der Waals surface area (Å²) < 4.78 is 6.47. The van der Waals surface area contributed by atoms with E-state index in [4.69, 9.17) is 4.74 Å². The van der Waals surface area contributed by atoms with E-state index in [0.29, 0.717) is 12.1 Å². The quantitative estimate of drug-likeness (QED) is 0.612. The number of nitrogens with zero attached hydrogens (tertiary/aromatic N) is 3. The Morgan fingerprint density at radius 1 is 1.47 bits per heavy atom. The van der Waals surface area contributed by atoms with Crippen LogP contribution in [0, 0.1) is 0 Å². The molecule has 0 aliphatic heterocycles. The molecule has 0 atom stereocenters. The van der Waals surface area contributed by atoms with Gasteiger partial charge < -0.3 is 4.74 Å². The second-order valence-corrected chi connectivity index (χ2v) is 4.16. The summed E-state index contributed by atoms with van der Waals surface area (Å²) in [6, 6.07) is 3.44. The molecule has 0 amide bonds. The van der Waals surface area contributed by atoms with E-state index in [2.05, 4.69) is 10.1 Å². The number of carbonyl (C=O) groups is 1. The first-order valence-electron chi connectivity index (χ1n) is 6.14. The van der Waals surface area contributed by atoms with Crippen LogP contribution in [0.2, 0.25) is 0 Å². The Balaban J connectivity index is 2.42. The van der Waals surface area contributed by atoms with Gasteiger partial charge in [0, 0.05) is 13.2 Å². The van der Waals surface area contributed by atoms with Gasteiger partial charge in [-0.1, -0.05) is 13.3 Å². The average molecular weight is 261 g/mol. The first-order chi connectivity index (χ1) is 9.15. The number of fused-ring (bicyclic) bond motifs is 1. The third kappa shape index (κ3) is 2.62. The van der Waals surface area contributed by atoms with Gasteiger partial charge in [0.2, 0.25) is 11.1 Å². The van der Waals surface area contributed by atoms with Crippen LogP contribution in [-0.2, 0) is 11.8 Å². The maximum Gasteiger partial charge on any atom is 0.362 e. The number of pyridine rings is 1. The molecular weight excluding hydrogens is 246 g/mol. The molecule has 0 unspecified atom stereocenters. The molecule has 0 saturated carbocycles. The molecule has 0 saturated heterocycles. The van der Waals surface area contributed by atoms with E-state index >= 15 is 0 Å². The van der Waals surface area contributed by atoms with E-state index in [9.17, 15) is 9.59 Å². The van der Waals surface area contributed by atoms with Crippen LogP contribution in [0.5, 0.6) is 0 Å². The van der Waals surface area contributed by atoms with Crippen molar-refractivity contribution in [1.82, 2.24) is 14.8 Å². The Hall–Kier alpha value is -2.24. The molecule has 0 aliphatic rings. The highest BCUT2D eigenvalue weighted by atomic mass is 16.5.